The highest BCUT2D eigenvalue weighted by molar-refractivity contribution is 5.90. The largest absolute Gasteiger partial charge is 0.401 e. The van der Waals surface area contributed by atoms with Crippen LogP contribution < -0.4 is 5.32 Å². The second-order valence-corrected chi connectivity index (χ2v) is 5.32. The first-order chi connectivity index (χ1) is 9.74. The molecule has 0 bridgehead atoms. The Bertz CT molecular complexity index is 513. The molecule has 0 radical (unpaired) electrons. The number of alkyl halides is 3. The van der Waals surface area contributed by atoms with Gasteiger partial charge in [0.05, 0.1) is 6.54 Å². The standard InChI is InChI=1S/C12H18F3N5O/c1-8-17-10(19(2)18-8)11(21)16-5-9-3-4-20(6-9)7-12(13,14)15/h9H,3-7H2,1-2H3,(H,16,21)/t9-/m0/s1. The molecular formula is C12H18F3N5O. The Morgan fingerprint density at radius 3 is 2.76 bits per heavy atom. The Balaban J connectivity index is 1.79. The normalized spacial score (nSPS) is 20.0. The highest BCUT2D eigenvalue weighted by atomic mass is 19.4. The number of rotatable bonds is 4. The van der Waals surface area contributed by atoms with Crippen molar-refractivity contribution in [3.05, 3.63) is 11.6 Å². The van der Waals surface area contributed by atoms with Crippen molar-refractivity contribution in [1.82, 2.24) is 25.0 Å². The van der Waals surface area contributed by atoms with Gasteiger partial charge < -0.3 is 5.32 Å². The first-order valence-corrected chi connectivity index (χ1v) is 6.69. The monoisotopic (exact) mass is 305 g/mol. The van der Waals surface area contributed by atoms with E-state index in [1.165, 1.54) is 9.58 Å². The number of likely N-dealkylation sites (tertiary alicyclic amines) is 1. The first kappa shape index (κ1) is 15.7. The fourth-order valence-corrected chi connectivity index (χ4v) is 2.50. The molecule has 1 aliphatic heterocycles. The number of aromatic nitrogens is 3. The molecule has 1 fully saturated rings. The summed E-state index contributed by atoms with van der Waals surface area (Å²) in [6, 6.07) is 0. The van der Waals surface area contributed by atoms with E-state index in [1.807, 2.05) is 0 Å². The number of halogens is 3. The molecule has 1 saturated heterocycles. The molecule has 0 aromatic carbocycles. The molecule has 0 spiro atoms. The van der Waals surface area contributed by atoms with Crippen molar-refractivity contribution in [1.29, 1.82) is 0 Å². The minimum absolute atomic E-state index is 0.0330. The van der Waals surface area contributed by atoms with Gasteiger partial charge in [-0.3, -0.25) is 9.69 Å². The van der Waals surface area contributed by atoms with E-state index in [0.29, 0.717) is 31.9 Å². The van der Waals surface area contributed by atoms with E-state index in [1.54, 1.807) is 14.0 Å². The zero-order valence-electron chi connectivity index (χ0n) is 11.9. The van der Waals surface area contributed by atoms with Gasteiger partial charge in [-0.2, -0.15) is 18.3 Å². The molecular weight excluding hydrogens is 287 g/mol. The molecule has 2 rings (SSSR count). The van der Waals surface area contributed by atoms with Crippen LogP contribution in [0.15, 0.2) is 0 Å². The van der Waals surface area contributed by atoms with Gasteiger partial charge in [0.1, 0.15) is 5.82 Å². The van der Waals surface area contributed by atoms with Crippen LogP contribution in [0.3, 0.4) is 0 Å². The van der Waals surface area contributed by atoms with Crippen molar-refractivity contribution in [2.24, 2.45) is 13.0 Å². The summed E-state index contributed by atoms with van der Waals surface area (Å²) < 4.78 is 38.2. The molecule has 1 aliphatic rings. The summed E-state index contributed by atoms with van der Waals surface area (Å²) in [5.74, 6) is 0.385. The average molecular weight is 305 g/mol. The third-order valence-corrected chi connectivity index (χ3v) is 3.40. The van der Waals surface area contributed by atoms with Gasteiger partial charge >= 0.3 is 6.18 Å². The van der Waals surface area contributed by atoms with Crippen molar-refractivity contribution < 1.29 is 18.0 Å². The molecule has 2 heterocycles. The summed E-state index contributed by atoms with van der Waals surface area (Å²) in [6.07, 6.45) is -3.53. The Hall–Kier alpha value is -1.64. The van der Waals surface area contributed by atoms with Crippen LogP contribution in [0, 0.1) is 12.8 Å². The fourth-order valence-electron chi connectivity index (χ4n) is 2.50. The summed E-state index contributed by atoms with van der Waals surface area (Å²) >= 11 is 0. The number of nitrogens with zero attached hydrogens (tertiary/aromatic N) is 4. The molecule has 21 heavy (non-hydrogen) atoms. The summed E-state index contributed by atoms with van der Waals surface area (Å²) in [7, 11) is 1.62. The van der Waals surface area contributed by atoms with E-state index in [2.05, 4.69) is 15.4 Å². The predicted molar refractivity (Wildman–Crippen MR) is 68.7 cm³/mol. The summed E-state index contributed by atoms with van der Waals surface area (Å²) in [5.41, 5.74) is 0. The quantitative estimate of drug-likeness (QED) is 0.891. The zero-order chi connectivity index (χ0) is 15.6. The number of carbonyl (C=O) groups excluding carboxylic acids is 1. The fraction of sp³-hybridized carbons (Fsp3) is 0.750. The van der Waals surface area contributed by atoms with E-state index in [-0.39, 0.29) is 17.6 Å². The summed E-state index contributed by atoms with van der Waals surface area (Å²) in [6.45, 7) is 1.89. The lowest BCUT2D eigenvalue weighted by Crippen LogP contribution is -2.35. The summed E-state index contributed by atoms with van der Waals surface area (Å²) in [4.78, 5) is 17.3. The third kappa shape index (κ3) is 4.42. The van der Waals surface area contributed by atoms with Crippen LogP contribution >= 0.6 is 0 Å². The SMILES string of the molecule is Cc1nc(C(=O)NC[C@@H]2CCN(CC(F)(F)F)C2)n(C)n1. The molecule has 118 valence electrons. The van der Waals surface area contributed by atoms with Crippen molar-refractivity contribution in [2.45, 2.75) is 19.5 Å². The van der Waals surface area contributed by atoms with Gasteiger partial charge in [-0.15, -0.1) is 0 Å². The zero-order valence-corrected chi connectivity index (χ0v) is 11.9. The van der Waals surface area contributed by atoms with E-state index in [0.717, 1.165) is 0 Å². The molecule has 0 saturated carbocycles. The molecule has 0 unspecified atom stereocenters. The summed E-state index contributed by atoms with van der Waals surface area (Å²) in [5, 5.41) is 6.68. The molecule has 1 aromatic heterocycles. The lowest BCUT2D eigenvalue weighted by molar-refractivity contribution is -0.143. The molecule has 1 atom stereocenters. The number of hydrogen-bond acceptors (Lipinski definition) is 4. The molecule has 6 nitrogen and oxygen atoms in total. The van der Waals surface area contributed by atoms with Crippen molar-refractivity contribution >= 4 is 5.91 Å². The van der Waals surface area contributed by atoms with Crippen LogP contribution in [-0.2, 0) is 7.05 Å². The third-order valence-electron chi connectivity index (χ3n) is 3.40. The van der Waals surface area contributed by atoms with Crippen LogP contribution in [0.4, 0.5) is 13.2 Å². The molecule has 1 N–H and O–H groups in total. The van der Waals surface area contributed by atoms with Crippen LogP contribution in [0.25, 0.3) is 0 Å². The van der Waals surface area contributed by atoms with Crippen LogP contribution in [0.1, 0.15) is 22.9 Å². The number of aryl methyl sites for hydroxylation is 2. The van der Waals surface area contributed by atoms with Gasteiger partial charge in [0, 0.05) is 20.1 Å². The van der Waals surface area contributed by atoms with Crippen LogP contribution in [0.2, 0.25) is 0 Å². The van der Waals surface area contributed by atoms with E-state index >= 15 is 0 Å². The highest BCUT2D eigenvalue weighted by Gasteiger charge is 2.34. The minimum atomic E-state index is -4.17. The first-order valence-electron chi connectivity index (χ1n) is 6.69. The Labute approximate surface area is 120 Å². The maximum absolute atomic E-state index is 12.3. The van der Waals surface area contributed by atoms with Gasteiger partial charge in [0.25, 0.3) is 5.91 Å². The van der Waals surface area contributed by atoms with E-state index < -0.39 is 12.7 Å². The molecule has 1 amide bonds. The molecule has 0 aliphatic carbocycles. The maximum atomic E-state index is 12.3. The van der Waals surface area contributed by atoms with Crippen molar-refractivity contribution in [3.8, 4) is 0 Å². The Morgan fingerprint density at radius 2 is 2.19 bits per heavy atom. The second kappa shape index (κ2) is 6.00. The van der Waals surface area contributed by atoms with Gasteiger partial charge in [-0.25, -0.2) is 9.67 Å². The van der Waals surface area contributed by atoms with Crippen LogP contribution in [-0.4, -0.2) is 57.9 Å². The topological polar surface area (TPSA) is 63.1 Å². The molecule has 9 heteroatoms. The van der Waals surface area contributed by atoms with E-state index in [9.17, 15) is 18.0 Å². The van der Waals surface area contributed by atoms with E-state index in [4.69, 9.17) is 0 Å². The smallest absolute Gasteiger partial charge is 0.349 e. The number of hydrogen-bond donors (Lipinski definition) is 1. The lowest BCUT2D eigenvalue weighted by atomic mass is 10.1. The number of carbonyl (C=O) groups is 1. The Kier molecular flexibility index (Phi) is 4.50. The lowest BCUT2D eigenvalue weighted by Gasteiger charge is -2.17. The van der Waals surface area contributed by atoms with Crippen molar-refractivity contribution in [2.75, 3.05) is 26.2 Å². The predicted octanol–water partition coefficient (Wildman–Crippen LogP) is 0.738. The molecule has 1 aromatic rings. The van der Waals surface area contributed by atoms with Gasteiger partial charge in [-0.1, -0.05) is 0 Å². The minimum Gasteiger partial charge on any atom is -0.349 e. The maximum Gasteiger partial charge on any atom is 0.401 e. The number of amides is 1. The second-order valence-electron chi connectivity index (χ2n) is 5.32. The highest BCUT2D eigenvalue weighted by Crippen LogP contribution is 2.22. The van der Waals surface area contributed by atoms with Gasteiger partial charge in [-0.05, 0) is 25.8 Å². The Morgan fingerprint density at radius 1 is 1.48 bits per heavy atom. The van der Waals surface area contributed by atoms with Crippen LogP contribution in [0.5, 0.6) is 0 Å². The average Bonchev–Trinajstić information content (AvgIpc) is 2.91. The van der Waals surface area contributed by atoms with Gasteiger partial charge in [0.2, 0.25) is 5.82 Å². The van der Waals surface area contributed by atoms with Crippen molar-refractivity contribution in [3.63, 3.8) is 0 Å². The number of nitrogens with one attached hydrogen (secondary N) is 1. The van der Waals surface area contributed by atoms with Gasteiger partial charge in [0.15, 0.2) is 0 Å².